The van der Waals surface area contributed by atoms with Crippen LogP contribution in [0.25, 0.3) is 10.8 Å². The first kappa shape index (κ1) is 14.1. The molecule has 2 rings (SSSR count). The fraction of sp³-hybridized carbons (Fsp3) is 0. The van der Waals surface area contributed by atoms with Crippen molar-refractivity contribution < 1.29 is 20.2 Å². The van der Waals surface area contributed by atoms with Crippen molar-refractivity contribution in [2.75, 3.05) is 0 Å². The molecule has 6 heteroatoms. The average molecular weight is 244 g/mol. The topological polar surface area (TPSA) is 80.9 Å². The van der Waals surface area contributed by atoms with Gasteiger partial charge >= 0.3 is 114 Å². The van der Waals surface area contributed by atoms with Gasteiger partial charge in [-0.3, -0.25) is 0 Å². The molecule has 0 saturated carbocycles. The SMILES string of the molecule is OB(O)O.Oc1ccc2c[c]([K])ccc2c1. The minimum atomic E-state index is -2.17. The summed E-state index contributed by atoms with van der Waals surface area (Å²) in [4.78, 5) is 0. The van der Waals surface area contributed by atoms with E-state index in [0.717, 1.165) is 54.3 Å². The van der Waals surface area contributed by atoms with Crippen molar-refractivity contribution in [3.8, 4) is 5.75 Å². The van der Waals surface area contributed by atoms with Gasteiger partial charge in [0.15, 0.2) is 0 Å². The third-order valence-corrected chi connectivity index (χ3v) is 2.95. The summed E-state index contributed by atoms with van der Waals surface area (Å²) >= 11 is 0.735. The van der Waals surface area contributed by atoms with Gasteiger partial charge in [-0.2, -0.15) is 0 Å². The van der Waals surface area contributed by atoms with Gasteiger partial charge in [0.05, 0.1) is 0 Å². The molecule has 2 aromatic carbocycles. The molecule has 78 valence electrons. The van der Waals surface area contributed by atoms with E-state index in [1.54, 1.807) is 12.1 Å². The number of benzene rings is 2. The van der Waals surface area contributed by atoms with Crippen LogP contribution < -0.4 is -0.342 Å². The van der Waals surface area contributed by atoms with Crippen LogP contribution in [0, 0.1) is 0 Å². The molecule has 0 spiro atoms. The molecule has 4 nitrogen and oxygen atoms in total. The zero-order valence-corrected chi connectivity index (χ0v) is 12.0. The minimum absolute atomic E-state index is 0.341. The molecule has 0 heterocycles. The van der Waals surface area contributed by atoms with E-state index in [9.17, 15) is 5.11 Å². The van der Waals surface area contributed by atoms with Gasteiger partial charge in [-0.25, -0.2) is 0 Å². The Morgan fingerprint density at radius 1 is 0.875 bits per heavy atom. The second kappa shape index (κ2) is 6.73. The van der Waals surface area contributed by atoms with Crippen molar-refractivity contribution in [1.82, 2.24) is 0 Å². The van der Waals surface area contributed by atoms with Crippen LogP contribution in [0.15, 0.2) is 36.4 Å². The Bertz CT molecular complexity index is 431. The Morgan fingerprint density at radius 3 is 2.00 bits per heavy atom. The molecule has 0 aliphatic rings. The summed E-state index contributed by atoms with van der Waals surface area (Å²) in [6.45, 7) is 0. The van der Waals surface area contributed by atoms with Crippen LogP contribution in [0.1, 0.15) is 0 Å². The van der Waals surface area contributed by atoms with Crippen LogP contribution in [-0.4, -0.2) is 76.5 Å². The predicted octanol–water partition coefficient (Wildman–Crippen LogP) is -0.713. The predicted molar refractivity (Wildman–Crippen MR) is 63.4 cm³/mol. The second-order valence-corrected chi connectivity index (χ2v) is 5.18. The number of rotatable bonds is 0. The van der Waals surface area contributed by atoms with Gasteiger partial charge in [0.2, 0.25) is 0 Å². The van der Waals surface area contributed by atoms with Crippen molar-refractivity contribution >= 4 is 66.7 Å². The van der Waals surface area contributed by atoms with E-state index in [-0.39, 0.29) is 0 Å². The Kier molecular flexibility index (Phi) is 5.95. The molecule has 0 fully saturated rings. The Balaban J connectivity index is 0.000000280. The Hall–Kier alpha value is 0.0813. The molecule has 16 heavy (non-hydrogen) atoms. The molecule has 0 aromatic heterocycles. The monoisotopic (exact) mass is 244 g/mol. The molecule has 2 aromatic rings. The molecule has 0 amide bonds. The molecule has 0 atom stereocenters. The van der Waals surface area contributed by atoms with E-state index < -0.39 is 7.32 Å². The molecule has 0 unspecified atom stereocenters. The standard InChI is InChI=1S/C10H7O.BH3O3.K/c11-10-6-5-8-3-1-2-4-9(8)7-10;2-1(3)4;/h2-7,11H;2-4H;. The maximum atomic E-state index is 9.21. The first-order valence-electron chi connectivity index (χ1n) is 4.72. The summed E-state index contributed by atoms with van der Waals surface area (Å²) in [7, 11) is -2.17. The molecule has 0 aliphatic heterocycles. The van der Waals surface area contributed by atoms with Crippen molar-refractivity contribution in [2.24, 2.45) is 0 Å². The van der Waals surface area contributed by atoms with Crippen LogP contribution in [-0.2, 0) is 0 Å². The van der Waals surface area contributed by atoms with Crippen LogP contribution in [0.3, 0.4) is 0 Å². The van der Waals surface area contributed by atoms with Crippen LogP contribution in [0.2, 0.25) is 0 Å². The molecule has 0 radical (unpaired) electrons. The molecule has 0 bridgehead atoms. The molecule has 4 N–H and O–H groups in total. The number of hydrogen-bond acceptors (Lipinski definition) is 4. The van der Waals surface area contributed by atoms with Gasteiger partial charge in [-0.05, 0) is 0 Å². The number of phenols is 1. The zero-order chi connectivity index (χ0) is 12.1. The third-order valence-electron chi connectivity index (χ3n) is 1.98. The van der Waals surface area contributed by atoms with Crippen LogP contribution >= 0.6 is 0 Å². The van der Waals surface area contributed by atoms with Gasteiger partial charge in [0.25, 0.3) is 0 Å². The van der Waals surface area contributed by atoms with Crippen molar-refractivity contribution in [3.05, 3.63) is 36.4 Å². The first-order valence-corrected chi connectivity index (χ1v) is 6.29. The van der Waals surface area contributed by atoms with E-state index in [0.29, 0.717) is 5.75 Å². The summed E-state index contributed by atoms with van der Waals surface area (Å²) < 4.78 is 1.43. The third kappa shape index (κ3) is 4.94. The fourth-order valence-electron chi connectivity index (χ4n) is 1.35. The van der Waals surface area contributed by atoms with Crippen molar-refractivity contribution in [1.29, 1.82) is 0 Å². The summed E-state index contributed by atoms with van der Waals surface area (Å²) in [5.74, 6) is 0.341. The number of phenolic OH excluding ortho intramolecular Hbond substituents is 1. The zero-order valence-electron chi connectivity index (χ0n) is 8.83. The summed E-state index contributed by atoms with van der Waals surface area (Å²) in [5, 5.41) is 33.0. The van der Waals surface area contributed by atoms with Gasteiger partial charge in [0.1, 0.15) is 0 Å². The second-order valence-electron chi connectivity index (χ2n) is 3.38. The Morgan fingerprint density at radius 2 is 1.38 bits per heavy atom. The van der Waals surface area contributed by atoms with Crippen molar-refractivity contribution in [3.63, 3.8) is 0 Å². The fourth-order valence-corrected chi connectivity index (χ4v) is 2.10. The van der Waals surface area contributed by atoms with E-state index in [2.05, 4.69) is 18.2 Å². The quantitative estimate of drug-likeness (QED) is 0.461. The Labute approximate surface area is 127 Å². The van der Waals surface area contributed by atoms with Crippen LogP contribution in [0.4, 0.5) is 0 Å². The number of hydrogen-bond donors (Lipinski definition) is 4. The molecule has 0 saturated heterocycles. The number of aromatic hydroxyl groups is 1. The van der Waals surface area contributed by atoms with E-state index in [4.69, 9.17) is 15.1 Å². The van der Waals surface area contributed by atoms with Gasteiger partial charge in [-0.15, -0.1) is 0 Å². The first-order chi connectivity index (χ1) is 7.49. The molecular formula is C10H10BKO4. The van der Waals surface area contributed by atoms with E-state index in [1.807, 2.05) is 6.07 Å². The van der Waals surface area contributed by atoms with E-state index >= 15 is 0 Å². The summed E-state index contributed by atoms with van der Waals surface area (Å²) in [6.07, 6.45) is 0. The van der Waals surface area contributed by atoms with Gasteiger partial charge in [0, 0.05) is 0 Å². The van der Waals surface area contributed by atoms with Gasteiger partial charge in [-0.1, -0.05) is 0 Å². The molecular weight excluding hydrogens is 234 g/mol. The normalized spacial score (nSPS) is 9.56. The van der Waals surface area contributed by atoms with E-state index in [1.165, 1.54) is 5.04 Å². The molecule has 0 aliphatic carbocycles. The van der Waals surface area contributed by atoms with Gasteiger partial charge < -0.3 is 15.1 Å². The van der Waals surface area contributed by atoms with Crippen LogP contribution in [0.5, 0.6) is 5.75 Å². The maximum absolute atomic E-state index is 9.21. The summed E-state index contributed by atoms with van der Waals surface area (Å²) in [5.41, 5.74) is 0. The number of fused-ring (bicyclic) bond motifs is 1. The van der Waals surface area contributed by atoms with Crippen molar-refractivity contribution in [2.45, 2.75) is 0 Å². The summed E-state index contributed by atoms with van der Waals surface area (Å²) in [6, 6.07) is 11.9. The average Bonchev–Trinajstić information content (AvgIpc) is 2.17.